The van der Waals surface area contributed by atoms with Crippen molar-refractivity contribution in [1.29, 1.82) is 0 Å². The van der Waals surface area contributed by atoms with Crippen molar-refractivity contribution in [3.8, 4) is 34.1 Å². The van der Waals surface area contributed by atoms with Crippen LogP contribution >= 0.6 is 0 Å². The zero-order chi connectivity index (χ0) is 39.4. The molecule has 6 aromatic rings. The summed E-state index contributed by atoms with van der Waals surface area (Å²) in [6.07, 6.45) is 21.7. The fourth-order valence-corrected chi connectivity index (χ4v) is 6.37. The topological polar surface area (TPSA) is 25.2 Å². The molecule has 2 nitrogen and oxygen atoms in total. The third-order valence-corrected chi connectivity index (χ3v) is 8.95. The number of aliphatic imine (C=N–C) groups is 1. The third-order valence-electron chi connectivity index (χ3n) is 8.95. The number of allylic oxidation sites excluding steroid dienone is 10. The average molecular weight is 715 g/mol. The van der Waals surface area contributed by atoms with Crippen LogP contribution in [0.25, 0.3) is 55.1 Å². The van der Waals surface area contributed by atoms with E-state index in [1.807, 2.05) is 82.6 Å². The second kappa shape index (κ2) is 21.6. The van der Waals surface area contributed by atoms with Gasteiger partial charge in [-0.2, -0.15) is 0 Å². The van der Waals surface area contributed by atoms with Crippen LogP contribution < -0.4 is 0 Å². The quantitative estimate of drug-likeness (QED) is 0.0456. The van der Waals surface area contributed by atoms with Crippen molar-refractivity contribution in [3.63, 3.8) is 0 Å². The van der Waals surface area contributed by atoms with Gasteiger partial charge in [-0.25, -0.2) is 0 Å². The first-order chi connectivity index (χ1) is 27.0. The van der Waals surface area contributed by atoms with E-state index in [1.165, 1.54) is 27.1 Å². The maximum atomic E-state index is 4.46. The van der Waals surface area contributed by atoms with Gasteiger partial charge in [-0.3, -0.25) is 9.98 Å². The zero-order valence-electron chi connectivity index (χ0n) is 32.5. The number of benzene rings is 5. The molecule has 0 radical (unpaired) electrons. The summed E-state index contributed by atoms with van der Waals surface area (Å²) in [6.45, 7) is 21.8. The molecule has 0 bridgehead atoms. The van der Waals surface area contributed by atoms with E-state index in [0.29, 0.717) is 0 Å². The van der Waals surface area contributed by atoms with Crippen LogP contribution in [0, 0.1) is 11.8 Å². The maximum absolute atomic E-state index is 4.46. The molecule has 0 aliphatic rings. The molecule has 1 heterocycles. The van der Waals surface area contributed by atoms with E-state index >= 15 is 0 Å². The highest BCUT2D eigenvalue weighted by Gasteiger charge is 2.16. The summed E-state index contributed by atoms with van der Waals surface area (Å²) in [7, 11) is 0. The Bertz CT molecular complexity index is 2360. The number of aromatic nitrogens is 1. The predicted molar refractivity (Wildman–Crippen MR) is 244 cm³/mol. The van der Waals surface area contributed by atoms with Gasteiger partial charge >= 0.3 is 0 Å². The molecular weight excluding hydrogens is 665 g/mol. The second-order valence-corrected chi connectivity index (χ2v) is 12.3. The van der Waals surface area contributed by atoms with Crippen LogP contribution in [0.3, 0.4) is 0 Å². The average Bonchev–Trinajstić information content (AvgIpc) is 3.25. The van der Waals surface area contributed by atoms with E-state index < -0.39 is 0 Å². The number of pyridine rings is 1. The van der Waals surface area contributed by atoms with Crippen LogP contribution in [-0.2, 0) is 0 Å². The lowest BCUT2D eigenvalue weighted by Crippen LogP contribution is -1.97. The highest BCUT2D eigenvalue weighted by atomic mass is 14.7. The Morgan fingerprint density at radius 3 is 1.76 bits per heavy atom. The molecule has 272 valence electrons. The van der Waals surface area contributed by atoms with Gasteiger partial charge in [-0.1, -0.05) is 134 Å². The minimum absolute atomic E-state index is 0.212. The Balaban J connectivity index is 0.000000599. The normalized spacial score (nSPS) is 12.1. The number of hydrogen-bond donors (Lipinski definition) is 0. The van der Waals surface area contributed by atoms with Crippen molar-refractivity contribution in [3.05, 3.63) is 213 Å². The Morgan fingerprint density at radius 1 is 0.673 bits per heavy atom. The standard InChI is InChI=1S/C43H34N2.C8H12.C2H4/c1-5-12-34(29-42(44-4)33-19-17-31(18-20-33)30(6-2)7-3)38-26-37(32-21-23-45-24-22-32)27-39(28-38)43-40-15-10-8-13-35(40)25-36-14-9-11-16-41(36)43;1-3-5-7-8-6-4-2;1-2/h6-11,13-29,34H,2,4H2,1,3H3;3-8H,1-2H3;1-2H2/b30-7+,42-29-;5-3-,6-4+,8-7-;. The summed E-state index contributed by atoms with van der Waals surface area (Å²) in [4.78, 5) is 8.74. The van der Waals surface area contributed by atoms with Crippen LogP contribution in [0.5, 0.6) is 0 Å². The fourth-order valence-electron chi connectivity index (χ4n) is 6.37. The summed E-state index contributed by atoms with van der Waals surface area (Å²) in [6, 6.07) is 38.8. The Kier molecular flexibility index (Phi) is 16.1. The maximum Gasteiger partial charge on any atom is 0.0670 e. The van der Waals surface area contributed by atoms with Gasteiger partial charge < -0.3 is 0 Å². The van der Waals surface area contributed by atoms with E-state index in [0.717, 1.165) is 44.7 Å². The van der Waals surface area contributed by atoms with E-state index in [9.17, 15) is 0 Å². The highest BCUT2D eigenvalue weighted by Crippen LogP contribution is 2.40. The Labute approximate surface area is 328 Å². The van der Waals surface area contributed by atoms with Gasteiger partial charge in [0, 0.05) is 12.4 Å². The van der Waals surface area contributed by atoms with E-state index in [1.54, 1.807) is 0 Å². The molecule has 2 heteroatoms. The zero-order valence-corrected chi connectivity index (χ0v) is 32.5. The van der Waals surface area contributed by atoms with Gasteiger partial charge in [0.1, 0.15) is 0 Å². The first-order valence-corrected chi connectivity index (χ1v) is 18.4. The van der Waals surface area contributed by atoms with Crippen LogP contribution in [0.2, 0.25) is 0 Å². The highest BCUT2D eigenvalue weighted by molar-refractivity contribution is 6.13. The van der Waals surface area contributed by atoms with Gasteiger partial charge in [0.05, 0.1) is 11.6 Å². The molecule has 0 saturated carbocycles. The molecule has 1 aromatic heterocycles. The van der Waals surface area contributed by atoms with Crippen molar-refractivity contribution in [2.24, 2.45) is 4.99 Å². The monoisotopic (exact) mass is 714 g/mol. The molecule has 1 unspecified atom stereocenters. The molecule has 0 aliphatic heterocycles. The van der Waals surface area contributed by atoms with Crippen LogP contribution in [0.15, 0.2) is 201 Å². The van der Waals surface area contributed by atoms with Crippen LogP contribution in [0.4, 0.5) is 0 Å². The van der Waals surface area contributed by atoms with Gasteiger partial charge in [0.25, 0.3) is 0 Å². The summed E-state index contributed by atoms with van der Waals surface area (Å²) in [5.74, 6) is 6.43. The minimum atomic E-state index is -0.212. The minimum Gasteiger partial charge on any atom is -0.265 e. The van der Waals surface area contributed by atoms with Crippen molar-refractivity contribution < 1.29 is 0 Å². The SMILES string of the molecule is C=C.C=C/C(=C\C)c1ccc(/C(=C/C(C#CC)c2cc(-c3ccncc3)cc(-c3c4ccccc4cc4ccccc34)c2)N=C)cc1.C\C=C/C=C\C=C\C. The molecule has 5 aromatic carbocycles. The van der Waals surface area contributed by atoms with E-state index in [2.05, 4.69) is 170 Å². The molecule has 1 atom stereocenters. The van der Waals surface area contributed by atoms with Crippen molar-refractivity contribution in [2.75, 3.05) is 0 Å². The van der Waals surface area contributed by atoms with Crippen molar-refractivity contribution in [1.82, 2.24) is 4.98 Å². The molecule has 6 rings (SSSR count). The molecular formula is C53H50N2. The van der Waals surface area contributed by atoms with Crippen LogP contribution in [0.1, 0.15) is 50.3 Å². The fraction of sp³-hybridized carbons (Fsp3) is 0.0943. The number of hydrogen-bond acceptors (Lipinski definition) is 2. The Hall–Kier alpha value is -6.82. The van der Waals surface area contributed by atoms with Crippen molar-refractivity contribution in [2.45, 2.75) is 33.6 Å². The number of fused-ring (bicyclic) bond motifs is 2. The molecule has 0 amide bonds. The second-order valence-electron chi connectivity index (χ2n) is 12.3. The van der Waals surface area contributed by atoms with Gasteiger partial charge in [-0.05, 0) is 143 Å². The van der Waals surface area contributed by atoms with Crippen LogP contribution in [-0.4, -0.2) is 11.7 Å². The van der Waals surface area contributed by atoms with E-state index in [4.69, 9.17) is 0 Å². The largest absolute Gasteiger partial charge is 0.265 e. The molecule has 0 N–H and O–H groups in total. The summed E-state index contributed by atoms with van der Waals surface area (Å²) in [5, 5.41) is 4.87. The van der Waals surface area contributed by atoms with Gasteiger partial charge in [0.15, 0.2) is 0 Å². The molecule has 0 aliphatic carbocycles. The smallest absolute Gasteiger partial charge is 0.0670 e. The van der Waals surface area contributed by atoms with E-state index in [-0.39, 0.29) is 5.92 Å². The summed E-state index contributed by atoms with van der Waals surface area (Å²) >= 11 is 0. The number of nitrogens with zero attached hydrogens (tertiary/aromatic N) is 2. The molecule has 55 heavy (non-hydrogen) atoms. The molecule has 0 saturated heterocycles. The lowest BCUT2D eigenvalue weighted by molar-refractivity contribution is 1.12. The first-order valence-electron chi connectivity index (χ1n) is 18.4. The van der Waals surface area contributed by atoms with Crippen molar-refractivity contribution >= 4 is 39.5 Å². The number of rotatable bonds is 10. The Morgan fingerprint density at radius 2 is 1.24 bits per heavy atom. The molecule has 0 spiro atoms. The third kappa shape index (κ3) is 10.6. The lowest BCUT2D eigenvalue weighted by atomic mass is 9.86. The molecule has 0 fully saturated rings. The summed E-state index contributed by atoms with van der Waals surface area (Å²) in [5.41, 5.74) is 9.64. The first kappa shape index (κ1) is 40.9. The predicted octanol–water partition coefficient (Wildman–Crippen LogP) is 14.7. The van der Waals surface area contributed by atoms with Gasteiger partial charge in [-0.15, -0.1) is 19.1 Å². The van der Waals surface area contributed by atoms with Gasteiger partial charge in [0.2, 0.25) is 0 Å². The summed E-state index contributed by atoms with van der Waals surface area (Å²) < 4.78 is 0. The lowest BCUT2D eigenvalue weighted by Gasteiger charge is -2.17.